The Kier molecular flexibility index (Phi) is 3.91. The second kappa shape index (κ2) is 5.63. The first-order chi connectivity index (χ1) is 11.1. The zero-order valence-electron chi connectivity index (χ0n) is 14.9. The number of aromatic nitrogens is 1. The Bertz CT molecular complexity index is 739. The molecule has 1 aromatic heterocycles. The second-order valence-electron chi connectivity index (χ2n) is 6.73. The van der Waals surface area contributed by atoms with Crippen LogP contribution in [0.4, 0.5) is 0 Å². The van der Waals surface area contributed by atoms with Crippen molar-refractivity contribution in [3.63, 3.8) is 0 Å². The van der Waals surface area contributed by atoms with Crippen LogP contribution in [0.5, 0.6) is 0 Å². The molecule has 1 aliphatic heterocycles. The molecule has 1 unspecified atom stereocenters. The summed E-state index contributed by atoms with van der Waals surface area (Å²) in [6.45, 7) is 13.5. The van der Waals surface area contributed by atoms with Crippen molar-refractivity contribution in [2.75, 3.05) is 0 Å². The van der Waals surface area contributed by atoms with E-state index in [1.54, 1.807) is 0 Å². The third-order valence-electron chi connectivity index (χ3n) is 6.24. The Balaban J connectivity index is 2.52. The molecule has 2 aromatic rings. The number of rotatable bonds is 4. The summed E-state index contributed by atoms with van der Waals surface area (Å²) in [7, 11) is 0. The molecule has 23 heavy (non-hydrogen) atoms. The zero-order valence-corrected chi connectivity index (χ0v) is 14.9. The lowest BCUT2D eigenvalue weighted by atomic mass is 9.57. The van der Waals surface area contributed by atoms with Crippen molar-refractivity contribution in [1.82, 2.24) is 0 Å². The lowest BCUT2D eigenvalue weighted by Gasteiger charge is -2.48. The van der Waals surface area contributed by atoms with Crippen LogP contribution < -0.4 is 4.57 Å². The van der Waals surface area contributed by atoms with Crippen LogP contribution in [0, 0.1) is 6.92 Å². The van der Waals surface area contributed by atoms with Crippen LogP contribution in [0.25, 0.3) is 11.3 Å². The van der Waals surface area contributed by atoms with Gasteiger partial charge in [-0.2, -0.15) is 4.57 Å². The number of nitrogens with zero attached hydrogens (tertiary/aromatic N) is 1. The minimum Gasteiger partial charge on any atom is -0.188 e. The molecular formula is C22H28N+. The summed E-state index contributed by atoms with van der Waals surface area (Å²) in [4.78, 5) is 0. The Labute approximate surface area is 140 Å². The molecule has 1 atom stereocenters. The van der Waals surface area contributed by atoms with Gasteiger partial charge in [0.15, 0.2) is 11.7 Å². The molecule has 1 aromatic carbocycles. The number of hydrogen-bond donors (Lipinski definition) is 0. The Hall–Kier alpha value is -1.89. The number of hydrogen-bond acceptors (Lipinski definition) is 0. The van der Waals surface area contributed by atoms with Gasteiger partial charge < -0.3 is 0 Å². The molecule has 120 valence electrons. The SMILES string of the molecule is C=CC1(CC)[n+]2cccc(C)c2-c2ccccc2C1(CC)CC. The maximum absolute atomic E-state index is 4.30. The molecule has 3 rings (SSSR count). The fourth-order valence-electron chi connectivity index (χ4n) is 5.05. The van der Waals surface area contributed by atoms with Crippen molar-refractivity contribution in [3.05, 3.63) is 66.4 Å². The number of aryl methyl sites for hydroxylation is 1. The Morgan fingerprint density at radius 2 is 1.70 bits per heavy atom. The first-order valence-corrected chi connectivity index (χ1v) is 8.87. The van der Waals surface area contributed by atoms with Gasteiger partial charge in [-0.05, 0) is 43.5 Å². The van der Waals surface area contributed by atoms with E-state index < -0.39 is 0 Å². The number of pyridine rings is 1. The summed E-state index contributed by atoms with van der Waals surface area (Å²) >= 11 is 0. The highest BCUT2D eigenvalue weighted by Crippen LogP contribution is 2.52. The highest BCUT2D eigenvalue weighted by molar-refractivity contribution is 5.68. The number of allylic oxidation sites excluding steroid dienone is 1. The van der Waals surface area contributed by atoms with Gasteiger partial charge in [0.05, 0.1) is 11.0 Å². The third-order valence-corrected chi connectivity index (χ3v) is 6.24. The van der Waals surface area contributed by atoms with Gasteiger partial charge in [0.25, 0.3) is 0 Å². The van der Waals surface area contributed by atoms with Gasteiger partial charge in [0.2, 0.25) is 5.69 Å². The van der Waals surface area contributed by atoms with Crippen molar-refractivity contribution in [1.29, 1.82) is 0 Å². The largest absolute Gasteiger partial charge is 0.216 e. The van der Waals surface area contributed by atoms with E-state index in [2.05, 4.69) is 87.5 Å². The quantitative estimate of drug-likeness (QED) is 0.532. The average Bonchev–Trinajstić information content (AvgIpc) is 2.60. The minimum atomic E-state index is -0.0772. The van der Waals surface area contributed by atoms with Gasteiger partial charge in [-0.15, -0.1) is 0 Å². The second-order valence-corrected chi connectivity index (χ2v) is 6.73. The van der Waals surface area contributed by atoms with Crippen LogP contribution in [-0.4, -0.2) is 0 Å². The van der Waals surface area contributed by atoms with Crippen LogP contribution in [0.3, 0.4) is 0 Å². The molecule has 0 saturated heterocycles. The van der Waals surface area contributed by atoms with Crippen LogP contribution in [0.2, 0.25) is 0 Å². The van der Waals surface area contributed by atoms with E-state index in [0.717, 1.165) is 19.3 Å². The molecule has 0 N–H and O–H groups in total. The fourth-order valence-corrected chi connectivity index (χ4v) is 5.05. The molecule has 0 spiro atoms. The van der Waals surface area contributed by atoms with Crippen LogP contribution in [-0.2, 0) is 11.0 Å². The average molecular weight is 306 g/mol. The standard InChI is InChI=1S/C22H28N/c1-6-21(7-2)19-15-11-10-14-18(19)20-17(5)13-12-16-23(20)22(21,8-3)9-4/h8,10-16H,3,6-7,9H2,1-2,4-5H3/q+1. The molecule has 0 radical (unpaired) electrons. The summed E-state index contributed by atoms with van der Waals surface area (Å²) < 4.78 is 2.50. The highest BCUT2D eigenvalue weighted by atomic mass is 15.1. The van der Waals surface area contributed by atoms with Crippen molar-refractivity contribution >= 4 is 0 Å². The monoisotopic (exact) mass is 306 g/mol. The highest BCUT2D eigenvalue weighted by Gasteiger charge is 2.59. The molecule has 2 heterocycles. The van der Waals surface area contributed by atoms with E-state index in [0.29, 0.717) is 0 Å². The van der Waals surface area contributed by atoms with E-state index >= 15 is 0 Å². The van der Waals surface area contributed by atoms with Crippen molar-refractivity contribution in [3.8, 4) is 11.3 Å². The van der Waals surface area contributed by atoms with Gasteiger partial charge in [0, 0.05) is 18.1 Å². The molecule has 1 nitrogen and oxygen atoms in total. The van der Waals surface area contributed by atoms with E-state index in [4.69, 9.17) is 0 Å². The Morgan fingerprint density at radius 3 is 2.30 bits per heavy atom. The number of benzene rings is 1. The van der Waals surface area contributed by atoms with Gasteiger partial charge in [-0.3, -0.25) is 0 Å². The van der Waals surface area contributed by atoms with Gasteiger partial charge in [0.1, 0.15) is 0 Å². The summed E-state index contributed by atoms with van der Waals surface area (Å²) in [5.41, 5.74) is 5.57. The minimum absolute atomic E-state index is 0.0772. The van der Waals surface area contributed by atoms with Crippen LogP contribution in [0.1, 0.15) is 51.2 Å². The maximum atomic E-state index is 4.30. The third kappa shape index (κ3) is 1.83. The van der Waals surface area contributed by atoms with E-state index in [1.165, 1.54) is 22.4 Å². The van der Waals surface area contributed by atoms with E-state index in [1.807, 2.05) is 0 Å². The molecule has 0 bridgehead atoms. The smallest absolute Gasteiger partial charge is 0.188 e. The maximum Gasteiger partial charge on any atom is 0.216 e. The van der Waals surface area contributed by atoms with Crippen molar-refractivity contribution in [2.45, 2.75) is 57.9 Å². The number of fused-ring (bicyclic) bond motifs is 3. The Morgan fingerprint density at radius 1 is 1.00 bits per heavy atom. The first-order valence-electron chi connectivity index (χ1n) is 8.87. The van der Waals surface area contributed by atoms with E-state index in [-0.39, 0.29) is 11.0 Å². The first kappa shape index (κ1) is 16.0. The fraction of sp³-hybridized carbons (Fsp3) is 0.409. The summed E-state index contributed by atoms with van der Waals surface area (Å²) in [5, 5.41) is 0. The predicted molar refractivity (Wildman–Crippen MR) is 97.5 cm³/mol. The predicted octanol–water partition coefficient (Wildman–Crippen LogP) is 5.31. The van der Waals surface area contributed by atoms with Crippen LogP contribution in [0.15, 0.2) is 55.3 Å². The summed E-state index contributed by atoms with van der Waals surface area (Å²) in [5.74, 6) is 0. The van der Waals surface area contributed by atoms with Gasteiger partial charge in [-0.1, -0.05) is 45.5 Å². The molecule has 0 fully saturated rings. The van der Waals surface area contributed by atoms with Gasteiger partial charge in [-0.25, -0.2) is 0 Å². The van der Waals surface area contributed by atoms with E-state index in [9.17, 15) is 0 Å². The van der Waals surface area contributed by atoms with Gasteiger partial charge >= 0.3 is 0 Å². The molecular weight excluding hydrogens is 278 g/mol. The zero-order chi connectivity index (χ0) is 16.7. The van der Waals surface area contributed by atoms with Crippen LogP contribution >= 0.6 is 0 Å². The lowest BCUT2D eigenvalue weighted by molar-refractivity contribution is -0.757. The molecule has 1 aliphatic rings. The molecule has 0 amide bonds. The van der Waals surface area contributed by atoms with Crippen molar-refractivity contribution < 1.29 is 4.57 Å². The van der Waals surface area contributed by atoms with Crippen molar-refractivity contribution in [2.24, 2.45) is 0 Å². The summed E-state index contributed by atoms with van der Waals surface area (Å²) in [6.07, 6.45) is 7.73. The normalized spacial score (nSPS) is 21.4. The lowest BCUT2D eigenvalue weighted by Crippen LogP contribution is -2.69. The molecule has 0 saturated carbocycles. The summed E-state index contributed by atoms with van der Waals surface area (Å²) in [6, 6.07) is 13.4. The molecule has 0 aliphatic carbocycles. The molecule has 1 heteroatoms. The topological polar surface area (TPSA) is 3.88 Å².